The molecule has 0 unspecified atom stereocenters. The van der Waals surface area contributed by atoms with E-state index in [0.717, 1.165) is 43.4 Å². The van der Waals surface area contributed by atoms with Gasteiger partial charge in [-0.15, -0.1) is 0 Å². The molecule has 0 saturated carbocycles. The molecule has 2 N–H and O–H groups in total. The van der Waals surface area contributed by atoms with Gasteiger partial charge in [0.2, 0.25) is 0 Å². The average molecular weight is 237 g/mol. The van der Waals surface area contributed by atoms with Crippen LogP contribution in [0.3, 0.4) is 0 Å². The fourth-order valence-corrected chi connectivity index (χ4v) is 2.49. The first kappa shape index (κ1) is 12.2. The lowest BCUT2D eigenvalue weighted by Crippen LogP contribution is -2.49. The van der Waals surface area contributed by atoms with Crippen molar-refractivity contribution in [2.45, 2.75) is 26.8 Å². The number of rotatable bonds is 2. The Morgan fingerprint density at radius 1 is 1.18 bits per heavy atom. The van der Waals surface area contributed by atoms with Crippen LogP contribution in [0.2, 0.25) is 0 Å². The van der Waals surface area contributed by atoms with Crippen molar-refractivity contribution in [3.63, 3.8) is 0 Å². The van der Waals surface area contributed by atoms with E-state index in [1.807, 2.05) is 18.7 Å². The maximum Gasteiger partial charge on any atom is 0.150 e. The SMILES string of the molecule is Cc1nn(C)c(N2CCN(C(C)C)CC2)c1N. The normalized spacial score (nSPS) is 18.1. The Kier molecular flexibility index (Phi) is 3.28. The number of hydrogen-bond acceptors (Lipinski definition) is 4. The number of aromatic nitrogens is 2. The summed E-state index contributed by atoms with van der Waals surface area (Å²) in [6.07, 6.45) is 0. The highest BCUT2D eigenvalue weighted by atomic mass is 15.4. The molecule has 2 heterocycles. The second kappa shape index (κ2) is 4.56. The fraction of sp³-hybridized carbons (Fsp3) is 0.750. The molecule has 1 saturated heterocycles. The second-order valence-electron chi connectivity index (χ2n) is 5.06. The molecule has 17 heavy (non-hydrogen) atoms. The summed E-state index contributed by atoms with van der Waals surface area (Å²) < 4.78 is 1.90. The number of aryl methyl sites for hydroxylation is 2. The lowest BCUT2D eigenvalue weighted by Gasteiger charge is -2.38. The summed E-state index contributed by atoms with van der Waals surface area (Å²) in [6, 6.07) is 0.628. The minimum absolute atomic E-state index is 0.628. The Morgan fingerprint density at radius 3 is 2.18 bits per heavy atom. The van der Waals surface area contributed by atoms with E-state index in [2.05, 4.69) is 28.7 Å². The average Bonchev–Trinajstić information content (AvgIpc) is 2.53. The largest absolute Gasteiger partial charge is 0.394 e. The summed E-state index contributed by atoms with van der Waals surface area (Å²) in [4.78, 5) is 4.84. The molecular formula is C12H23N5. The van der Waals surface area contributed by atoms with Crippen LogP contribution in [0.25, 0.3) is 0 Å². The van der Waals surface area contributed by atoms with Crippen molar-refractivity contribution in [2.75, 3.05) is 36.8 Å². The summed E-state index contributed by atoms with van der Waals surface area (Å²) in [5, 5.41) is 4.38. The van der Waals surface area contributed by atoms with Crippen LogP contribution in [0.4, 0.5) is 11.5 Å². The van der Waals surface area contributed by atoms with Gasteiger partial charge in [0.05, 0.1) is 11.4 Å². The zero-order valence-electron chi connectivity index (χ0n) is 11.3. The van der Waals surface area contributed by atoms with Crippen LogP contribution in [0.15, 0.2) is 0 Å². The first-order chi connectivity index (χ1) is 8.00. The number of anilines is 2. The van der Waals surface area contributed by atoms with Gasteiger partial charge < -0.3 is 10.6 Å². The maximum absolute atomic E-state index is 6.09. The van der Waals surface area contributed by atoms with Crippen LogP contribution >= 0.6 is 0 Å². The molecule has 96 valence electrons. The number of nitrogens with zero attached hydrogens (tertiary/aromatic N) is 4. The van der Waals surface area contributed by atoms with Crippen LogP contribution in [-0.2, 0) is 7.05 Å². The molecule has 0 spiro atoms. The lowest BCUT2D eigenvalue weighted by atomic mass is 10.2. The smallest absolute Gasteiger partial charge is 0.150 e. The van der Waals surface area contributed by atoms with Crippen LogP contribution < -0.4 is 10.6 Å². The van der Waals surface area contributed by atoms with Gasteiger partial charge in [-0.3, -0.25) is 9.58 Å². The Balaban J connectivity index is 2.10. The van der Waals surface area contributed by atoms with E-state index in [0.29, 0.717) is 6.04 Å². The fourth-order valence-electron chi connectivity index (χ4n) is 2.49. The highest BCUT2D eigenvalue weighted by Gasteiger charge is 2.23. The van der Waals surface area contributed by atoms with E-state index >= 15 is 0 Å². The minimum Gasteiger partial charge on any atom is -0.394 e. The van der Waals surface area contributed by atoms with Crippen LogP contribution in [0, 0.1) is 6.92 Å². The Labute approximate surface area is 103 Å². The van der Waals surface area contributed by atoms with Gasteiger partial charge in [0, 0.05) is 39.3 Å². The first-order valence-corrected chi connectivity index (χ1v) is 6.28. The van der Waals surface area contributed by atoms with Gasteiger partial charge in [-0.05, 0) is 20.8 Å². The van der Waals surface area contributed by atoms with Crippen molar-refractivity contribution in [1.82, 2.24) is 14.7 Å². The van der Waals surface area contributed by atoms with E-state index in [9.17, 15) is 0 Å². The molecule has 5 heteroatoms. The van der Waals surface area contributed by atoms with E-state index in [-0.39, 0.29) is 0 Å². The van der Waals surface area contributed by atoms with Crippen LogP contribution in [0.1, 0.15) is 19.5 Å². The molecule has 0 radical (unpaired) electrons. The molecular weight excluding hydrogens is 214 g/mol. The molecule has 0 atom stereocenters. The van der Waals surface area contributed by atoms with Crippen molar-refractivity contribution >= 4 is 11.5 Å². The van der Waals surface area contributed by atoms with Gasteiger partial charge >= 0.3 is 0 Å². The summed E-state index contributed by atoms with van der Waals surface area (Å²) in [5.41, 5.74) is 7.84. The Morgan fingerprint density at radius 2 is 1.76 bits per heavy atom. The monoisotopic (exact) mass is 237 g/mol. The van der Waals surface area contributed by atoms with Gasteiger partial charge in [-0.25, -0.2) is 0 Å². The predicted molar refractivity (Wildman–Crippen MR) is 71.3 cm³/mol. The number of nitrogens with two attached hydrogens (primary N) is 1. The van der Waals surface area contributed by atoms with Crippen molar-refractivity contribution < 1.29 is 0 Å². The van der Waals surface area contributed by atoms with Crippen LogP contribution in [0.5, 0.6) is 0 Å². The van der Waals surface area contributed by atoms with E-state index < -0.39 is 0 Å². The van der Waals surface area contributed by atoms with E-state index in [1.165, 1.54) is 0 Å². The molecule has 1 aromatic rings. The zero-order valence-corrected chi connectivity index (χ0v) is 11.3. The standard InChI is InChI=1S/C12H23N5/c1-9(2)16-5-7-17(8-6-16)12-11(13)10(3)14-15(12)4/h9H,5-8,13H2,1-4H3. The molecule has 1 aliphatic rings. The van der Waals surface area contributed by atoms with Crippen LogP contribution in [-0.4, -0.2) is 46.9 Å². The van der Waals surface area contributed by atoms with Crippen molar-refractivity contribution in [2.24, 2.45) is 7.05 Å². The quantitative estimate of drug-likeness (QED) is 0.828. The van der Waals surface area contributed by atoms with Gasteiger partial charge in [0.15, 0.2) is 0 Å². The molecule has 0 aromatic carbocycles. The highest BCUT2D eigenvalue weighted by molar-refractivity contribution is 5.66. The van der Waals surface area contributed by atoms with Crippen molar-refractivity contribution in [1.29, 1.82) is 0 Å². The number of piperazine rings is 1. The first-order valence-electron chi connectivity index (χ1n) is 6.28. The third-order valence-electron chi connectivity index (χ3n) is 3.58. The van der Waals surface area contributed by atoms with Gasteiger partial charge in [-0.1, -0.05) is 0 Å². The lowest BCUT2D eigenvalue weighted by molar-refractivity contribution is 0.208. The number of hydrogen-bond donors (Lipinski definition) is 1. The molecule has 1 fully saturated rings. The molecule has 1 aliphatic heterocycles. The predicted octanol–water partition coefficient (Wildman–Crippen LogP) is 0.841. The molecule has 2 rings (SSSR count). The van der Waals surface area contributed by atoms with E-state index in [4.69, 9.17) is 5.73 Å². The molecule has 0 bridgehead atoms. The third-order valence-corrected chi connectivity index (χ3v) is 3.58. The van der Waals surface area contributed by atoms with Crippen molar-refractivity contribution in [3.8, 4) is 0 Å². The van der Waals surface area contributed by atoms with Crippen molar-refractivity contribution in [3.05, 3.63) is 5.69 Å². The molecule has 0 aliphatic carbocycles. The van der Waals surface area contributed by atoms with E-state index in [1.54, 1.807) is 0 Å². The highest BCUT2D eigenvalue weighted by Crippen LogP contribution is 2.26. The molecule has 0 amide bonds. The minimum atomic E-state index is 0.628. The molecule has 1 aromatic heterocycles. The second-order valence-corrected chi connectivity index (χ2v) is 5.06. The summed E-state index contributed by atoms with van der Waals surface area (Å²) in [5.74, 6) is 1.07. The summed E-state index contributed by atoms with van der Waals surface area (Å²) >= 11 is 0. The van der Waals surface area contributed by atoms with Gasteiger partial charge in [0.1, 0.15) is 5.82 Å². The topological polar surface area (TPSA) is 50.3 Å². The Hall–Kier alpha value is -1.23. The maximum atomic E-state index is 6.09. The number of nitrogen functional groups attached to an aromatic ring is 1. The summed E-state index contributed by atoms with van der Waals surface area (Å²) in [6.45, 7) is 10.7. The Bertz CT molecular complexity index is 388. The van der Waals surface area contributed by atoms with Gasteiger partial charge in [-0.2, -0.15) is 5.10 Å². The van der Waals surface area contributed by atoms with Gasteiger partial charge in [0.25, 0.3) is 0 Å². The molecule has 5 nitrogen and oxygen atoms in total. The summed E-state index contributed by atoms with van der Waals surface area (Å²) in [7, 11) is 1.97. The third kappa shape index (κ3) is 2.24. The zero-order chi connectivity index (χ0) is 12.6.